The van der Waals surface area contributed by atoms with Gasteiger partial charge in [0.25, 0.3) is 10.2 Å². The van der Waals surface area contributed by atoms with Crippen LogP contribution in [0.2, 0.25) is 0 Å². The van der Waals surface area contributed by atoms with Gasteiger partial charge in [0.2, 0.25) is 0 Å². The third-order valence-electron chi connectivity index (χ3n) is 3.47. The summed E-state index contributed by atoms with van der Waals surface area (Å²) >= 11 is 5.85. The van der Waals surface area contributed by atoms with Gasteiger partial charge in [-0.1, -0.05) is 6.42 Å². The number of hydrogen-bond donors (Lipinski definition) is 1. The van der Waals surface area contributed by atoms with Crippen molar-refractivity contribution in [2.75, 3.05) is 32.2 Å². The average Bonchev–Trinajstić information content (AvgIpc) is 2.77. The van der Waals surface area contributed by atoms with Gasteiger partial charge in [-0.25, -0.2) is 0 Å². The molecular weight excluding hydrogens is 264 g/mol. The number of hydrogen-bond acceptors (Lipinski definition) is 3. The van der Waals surface area contributed by atoms with Gasteiger partial charge < -0.3 is 4.74 Å². The van der Waals surface area contributed by atoms with Gasteiger partial charge in [0.05, 0.1) is 13.2 Å². The highest BCUT2D eigenvalue weighted by molar-refractivity contribution is 7.87. The first-order chi connectivity index (χ1) is 8.13. The standard InChI is InChI=1S/C10H19ClN2O3S/c11-8-9-2-1-3-10(9)12-17(14,15)13-4-6-16-7-5-13/h9-10,12H,1-8H2. The van der Waals surface area contributed by atoms with Crippen molar-refractivity contribution in [2.45, 2.75) is 25.3 Å². The van der Waals surface area contributed by atoms with Crippen LogP contribution in [0.4, 0.5) is 0 Å². The molecule has 0 aromatic heterocycles. The number of alkyl halides is 1. The van der Waals surface area contributed by atoms with Gasteiger partial charge in [0.1, 0.15) is 0 Å². The van der Waals surface area contributed by atoms with E-state index in [0.29, 0.717) is 32.2 Å². The van der Waals surface area contributed by atoms with Crippen LogP contribution < -0.4 is 4.72 Å². The Morgan fingerprint density at radius 2 is 2.00 bits per heavy atom. The van der Waals surface area contributed by atoms with Gasteiger partial charge in [-0.3, -0.25) is 0 Å². The second-order valence-corrected chi connectivity index (χ2v) is 6.60. The molecule has 2 fully saturated rings. The summed E-state index contributed by atoms with van der Waals surface area (Å²) in [6.45, 7) is 1.83. The fourth-order valence-electron chi connectivity index (χ4n) is 2.43. The molecule has 1 heterocycles. The van der Waals surface area contributed by atoms with Gasteiger partial charge in [-0.15, -0.1) is 11.6 Å². The fraction of sp³-hybridized carbons (Fsp3) is 1.00. The van der Waals surface area contributed by atoms with Crippen molar-refractivity contribution in [1.82, 2.24) is 9.03 Å². The normalized spacial score (nSPS) is 31.8. The van der Waals surface area contributed by atoms with Crippen LogP contribution in [0.5, 0.6) is 0 Å². The Hall–Kier alpha value is 0.120. The minimum Gasteiger partial charge on any atom is -0.379 e. The van der Waals surface area contributed by atoms with E-state index >= 15 is 0 Å². The van der Waals surface area contributed by atoms with E-state index in [2.05, 4.69) is 4.72 Å². The van der Waals surface area contributed by atoms with Gasteiger partial charge in [-0.05, 0) is 18.8 Å². The number of morpholine rings is 1. The maximum absolute atomic E-state index is 12.1. The molecule has 0 amide bonds. The van der Waals surface area contributed by atoms with E-state index in [4.69, 9.17) is 16.3 Å². The molecule has 0 radical (unpaired) electrons. The molecule has 1 N–H and O–H groups in total. The summed E-state index contributed by atoms with van der Waals surface area (Å²) in [6.07, 6.45) is 2.95. The first-order valence-corrected chi connectivity index (χ1v) is 8.02. The molecule has 1 saturated carbocycles. The molecule has 17 heavy (non-hydrogen) atoms. The van der Waals surface area contributed by atoms with Crippen LogP contribution in [-0.4, -0.2) is 50.9 Å². The number of nitrogens with one attached hydrogen (secondary N) is 1. The molecule has 0 aromatic rings. The molecule has 0 aromatic carbocycles. The summed E-state index contributed by atoms with van der Waals surface area (Å²) in [5.74, 6) is 0.795. The topological polar surface area (TPSA) is 58.6 Å². The van der Waals surface area contributed by atoms with E-state index < -0.39 is 10.2 Å². The van der Waals surface area contributed by atoms with Crippen molar-refractivity contribution >= 4 is 21.8 Å². The Labute approximate surface area is 108 Å². The van der Waals surface area contributed by atoms with Gasteiger partial charge in [0, 0.05) is 25.0 Å². The lowest BCUT2D eigenvalue weighted by molar-refractivity contribution is 0.0722. The lowest BCUT2D eigenvalue weighted by Gasteiger charge is -2.28. The van der Waals surface area contributed by atoms with Crippen molar-refractivity contribution in [1.29, 1.82) is 0 Å². The number of ether oxygens (including phenoxy) is 1. The molecule has 2 rings (SSSR count). The van der Waals surface area contributed by atoms with Crippen LogP contribution in [0.15, 0.2) is 0 Å². The summed E-state index contributed by atoms with van der Waals surface area (Å²) < 4.78 is 33.6. The molecule has 0 bridgehead atoms. The Bertz CT molecular complexity index is 343. The molecule has 1 aliphatic heterocycles. The lowest BCUT2D eigenvalue weighted by atomic mass is 10.1. The van der Waals surface area contributed by atoms with Crippen LogP contribution in [-0.2, 0) is 14.9 Å². The summed E-state index contributed by atoms with van der Waals surface area (Å²) in [7, 11) is -3.37. The summed E-state index contributed by atoms with van der Waals surface area (Å²) in [5.41, 5.74) is 0. The Kier molecular flexibility index (Phi) is 4.65. The van der Waals surface area contributed by atoms with Crippen LogP contribution >= 0.6 is 11.6 Å². The first-order valence-electron chi connectivity index (χ1n) is 6.04. The minimum atomic E-state index is -3.37. The van der Waals surface area contributed by atoms with Crippen molar-refractivity contribution < 1.29 is 13.2 Å². The summed E-state index contributed by atoms with van der Waals surface area (Å²) in [4.78, 5) is 0. The maximum atomic E-state index is 12.1. The molecule has 2 atom stereocenters. The first kappa shape index (κ1) is 13.5. The third kappa shape index (κ3) is 3.32. The zero-order valence-electron chi connectivity index (χ0n) is 9.77. The highest BCUT2D eigenvalue weighted by Crippen LogP contribution is 2.27. The summed E-state index contributed by atoms with van der Waals surface area (Å²) in [5, 5.41) is 0. The van der Waals surface area contributed by atoms with Gasteiger partial charge in [0.15, 0.2) is 0 Å². The zero-order chi connectivity index (χ0) is 12.3. The number of halogens is 1. The van der Waals surface area contributed by atoms with Crippen molar-refractivity contribution in [3.63, 3.8) is 0 Å². The second-order valence-electron chi connectivity index (χ2n) is 4.59. The molecule has 1 saturated heterocycles. The molecule has 0 spiro atoms. The Morgan fingerprint density at radius 3 is 2.65 bits per heavy atom. The molecule has 2 unspecified atom stereocenters. The van der Waals surface area contributed by atoms with Gasteiger partial charge in [-0.2, -0.15) is 17.4 Å². The molecule has 1 aliphatic carbocycles. The smallest absolute Gasteiger partial charge is 0.279 e. The highest BCUT2D eigenvalue weighted by atomic mass is 35.5. The Morgan fingerprint density at radius 1 is 1.29 bits per heavy atom. The molecule has 7 heteroatoms. The van der Waals surface area contributed by atoms with E-state index in [1.165, 1.54) is 4.31 Å². The second kappa shape index (κ2) is 5.84. The predicted octanol–water partition coefficient (Wildman–Crippen LogP) is 0.560. The third-order valence-corrected chi connectivity index (χ3v) is 5.51. The van der Waals surface area contributed by atoms with Crippen LogP contribution in [0.25, 0.3) is 0 Å². The van der Waals surface area contributed by atoms with E-state index in [1.54, 1.807) is 0 Å². The van der Waals surface area contributed by atoms with E-state index in [0.717, 1.165) is 19.3 Å². The van der Waals surface area contributed by atoms with Crippen LogP contribution in [0.1, 0.15) is 19.3 Å². The van der Waals surface area contributed by atoms with Crippen molar-refractivity contribution in [2.24, 2.45) is 5.92 Å². The van der Waals surface area contributed by atoms with Crippen molar-refractivity contribution in [3.05, 3.63) is 0 Å². The van der Waals surface area contributed by atoms with Crippen LogP contribution in [0, 0.1) is 5.92 Å². The molecule has 2 aliphatic rings. The van der Waals surface area contributed by atoms with E-state index in [1.807, 2.05) is 0 Å². The van der Waals surface area contributed by atoms with E-state index in [9.17, 15) is 8.42 Å². The number of rotatable bonds is 4. The quantitative estimate of drug-likeness (QED) is 0.767. The van der Waals surface area contributed by atoms with Crippen LogP contribution in [0.3, 0.4) is 0 Å². The highest BCUT2D eigenvalue weighted by Gasteiger charge is 2.33. The SMILES string of the molecule is O=S(=O)(NC1CCCC1CCl)N1CCOCC1. The average molecular weight is 283 g/mol. The summed E-state index contributed by atoms with van der Waals surface area (Å²) in [6, 6.07) is 0.000319. The fourth-order valence-corrected chi connectivity index (χ4v) is 4.27. The molecular formula is C10H19ClN2O3S. The molecule has 100 valence electrons. The number of nitrogens with zero attached hydrogens (tertiary/aromatic N) is 1. The minimum absolute atomic E-state index is 0.000319. The largest absolute Gasteiger partial charge is 0.379 e. The predicted molar refractivity (Wildman–Crippen MR) is 66.3 cm³/mol. The maximum Gasteiger partial charge on any atom is 0.279 e. The molecule has 5 nitrogen and oxygen atoms in total. The lowest BCUT2D eigenvalue weighted by Crippen LogP contribution is -2.50. The Balaban J connectivity index is 1.96. The van der Waals surface area contributed by atoms with Crippen molar-refractivity contribution in [3.8, 4) is 0 Å². The van der Waals surface area contributed by atoms with Gasteiger partial charge >= 0.3 is 0 Å². The zero-order valence-corrected chi connectivity index (χ0v) is 11.3. The van der Waals surface area contributed by atoms with E-state index in [-0.39, 0.29) is 12.0 Å². The monoisotopic (exact) mass is 282 g/mol.